The Balaban J connectivity index is 1.97. The quantitative estimate of drug-likeness (QED) is 0.135. The number of methoxy groups -OCH3 is 4. The minimum absolute atomic E-state index is 0.0399. The van der Waals surface area contributed by atoms with Gasteiger partial charge in [0.2, 0.25) is 11.5 Å². The molecule has 0 aliphatic heterocycles. The van der Waals surface area contributed by atoms with Gasteiger partial charge in [0.25, 0.3) is 0 Å². The van der Waals surface area contributed by atoms with Crippen LogP contribution in [0.15, 0.2) is 30.5 Å². The minimum Gasteiger partial charge on any atom is -0.495 e. The number of nitrogens with zero attached hydrogens (tertiary/aromatic N) is 5. The van der Waals surface area contributed by atoms with Gasteiger partial charge in [-0.1, -0.05) is 16.8 Å². The van der Waals surface area contributed by atoms with Crippen LogP contribution in [0.1, 0.15) is 33.7 Å². The van der Waals surface area contributed by atoms with Crippen molar-refractivity contribution in [2.75, 3.05) is 35.0 Å². The fourth-order valence-electron chi connectivity index (χ4n) is 4.29. The number of aromatic nitrogens is 4. The lowest BCUT2D eigenvalue weighted by Crippen LogP contribution is -2.10. The van der Waals surface area contributed by atoms with Gasteiger partial charge in [0, 0.05) is 17.4 Å². The molecule has 0 atom stereocenters. The fraction of sp³-hybridized carbons (Fsp3) is 0.296. The van der Waals surface area contributed by atoms with Gasteiger partial charge < -0.3 is 34.2 Å². The van der Waals surface area contributed by atoms with E-state index in [1.807, 2.05) is 0 Å². The van der Waals surface area contributed by atoms with Crippen molar-refractivity contribution in [1.82, 2.24) is 19.3 Å². The third-order valence-electron chi connectivity index (χ3n) is 6.22. The molecule has 0 unspecified atom stereocenters. The maximum atomic E-state index is 13.9. The van der Waals surface area contributed by atoms with Crippen molar-refractivity contribution in [2.24, 2.45) is 7.05 Å². The highest BCUT2D eigenvalue weighted by Crippen LogP contribution is 2.39. The van der Waals surface area contributed by atoms with Crippen LogP contribution in [0.3, 0.4) is 0 Å². The minimum atomic E-state index is -0.584. The van der Waals surface area contributed by atoms with Crippen molar-refractivity contribution >= 4 is 22.6 Å². The molecular formula is C27H27N5O8. The predicted octanol–water partition coefficient (Wildman–Crippen LogP) is 2.73. The zero-order valence-electron chi connectivity index (χ0n) is 22.5. The van der Waals surface area contributed by atoms with Gasteiger partial charge in [-0.2, -0.15) is 5.10 Å². The van der Waals surface area contributed by atoms with Gasteiger partial charge in [-0.15, -0.1) is 0 Å². The van der Waals surface area contributed by atoms with Gasteiger partial charge in [0.15, 0.2) is 11.5 Å². The lowest BCUT2D eigenvalue weighted by Gasteiger charge is -2.13. The summed E-state index contributed by atoms with van der Waals surface area (Å²) in [5.74, 6) is 6.52. The van der Waals surface area contributed by atoms with E-state index < -0.39 is 10.7 Å². The van der Waals surface area contributed by atoms with Gasteiger partial charge in [0.05, 0.1) is 59.7 Å². The first kappa shape index (κ1) is 27.9. The van der Waals surface area contributed by atoms with Crippen molar-refractivity contribution in [3.8, 4) is 34.8 Å². The van der Waals surface area contributed by atoms with Gasteiger partial charge in [-0.3, -0.25) is 9.48 Å². The highest BCUT2D eigenvalue weighted by Gasteiger charge is 2.26. The Morgan fingerprint density at radius 3 is 2.30 bits per heavy atom. The van der Waals surface area contributed by atoms with Crippen molar-refractivity contribution in [3.05, 3.63) is 63.1 Å². The smallest absolute Gasteiger partial charge is 0.434 e. The Hall–Kier alpha value is -5.09. The molecule has 0 amide bonds. The van der Waals surface area contributed by atoms with Gasteiger partial charge in [-0.25, -0.2) is 4.57 Å². The Morgan fingerprint density at radius 1 is 1.07 bits per heavy atom. The molecule has 0 spiro atoms. The number of imidazole rings is 1. The van der Waals surface area contributed by atoms with Crippen LogP contribution in [-0.4, -0.2) is 70.2 Å². The number of benzene rings is 2. The van der Waals surface area contributed by atoms with Crippen LogP contribution in [-0.2, 0) is 13.6 Å². The number of ketones is 1. The normalized spacial score (nSPS) is 10.7. The zero-order valence-corrected chi connectivity index (χ0v) is 22.5. The summed E-state index contributed by atoms with van der Waals surface area (Å²) in [7, 11) is 7.38. The molecule has 13 nitrogen and oxygen atoms in total. The fourth-order valence-corrected chi connectivity index (χ4v) is 4.29. The third kappa shape index (κ3) is 4.99. The highest BCUT2D eigenvalue weighted by molar-refractivity contribution is 6.16. The second kappa shape index (κ2) is 11.7. The molecule has 2 aromatic heterocycles. The molecule has 4 rings (SSSR count). The highest BCUT2D eigenvalue weighted by atomic mass is 16.6. The summed E-state index contributed by atoms with van der Waals surface area (Å²) in [5.41, 5.74) is 1.74. The van der Waals surface area contributed by atoms with Crippen LogP contribution >= 0.6 is 0 Å². The number of carbonyl (C=O) groups is 1. The van der Waals surface area contributed by atoms with Crippen LogP contribution in [0.4, 0.5) is 5.95 Å². The summed E-state index contributed by atoms with van der Waals surface area (Å²) in [5, 5.41) is 25.7. The second-order valence-corrected chi connectivity index (χ2v) is 8.43. The number of rotatable bonds is 10. The first-order valence-electron chi connectivity index (χ1n) is 12.0. The molecule has 40 heavy (non-hydrogen) atoms. The van der Waals surface area contributed by atoms with Crippen LogP contribution in [0.25, 0.3) is 10.9 Å². The van der Waals surface area contributed by atoms with E-state index in [4.69, 9.17) is 18.9 Å². The standard InChI is InChI=1S/C27H27N5O8/c1-30-17(14-28-27(30)32(35)36)15-31-24-18(8-6-7-11-33)20(37-2)10-9-19(24)23(29-31)25(34)16-12-21(38-3)26(40-5)22(13-16)39-4/h9-10,12-14,33H,7,11,15H2,1-5H3. The average Bonchev–Trinajstić information content (AvgIpc) is 3.52. The van der Waals surface area contributed by atoms with Gasteiger partial charge in [0.1, 0.15) is 23.3 Å². The maximum Gasteiger partial charge on any atom is 0.434 e. The van der Waals surface area contributed by atoms with Gasteiger partial charge >= 0.3 is 5.95 Å². The second-order valence-electron chi connectivity index (χ2n) is 8.43. The number of nitro groups is 1. The van der Waals surface area contributed by atoms with Crippen LogP contribution in [0.2, 0.25) is 0 Å². The summed E-state index contributed by atoms with van der Waals surface area (Å²) in [6, 6.07) is 6.44. The summed E-state index contributed by atoms with van der Waals surface area (Å²) in [6.45, 7) is -0.0909. The van der Waals surface area contributed by atoms with Crippen molar-refractivity contribution in [3.63, 3.8) is 0 Å². The SMILES string of the molecule is COc1cc(C(=O)c2nn(Cc3cnc([N+](=O)[O-])n3C)c3c(C#CCCO)c(OC)ccc23)cc(OC)c1OC. The number of hydrogen-bond acceptors (Lipinski definition) is 10. The lowest BCUT2D eigenvalue weighted by molar-refractivity contribution is -0.396. The molecule has 13 heteroatoms. The number of carbonyl (C=O) groups excluding carboxylic acids is 1. The Morgan fingerprint density at radius 2 is 1.75 bits per heavy atom. The monoisotopic (exact) mass is 549 g/mol. The first-order valence-corrected chi connectivity index (χ1v) is 12.0. The third-order valence-corrected chi connectivity index (χ3v) is 6.22. The van der Waals surface area contributed by atoms with Crippen LogP contribution in [0.5, 0.6) is 23.0 Å². The molecular weight excluding hydrogens is 522 g/mol. The summed E-state index contributed by atoms with van der Waals surface area (Å²) in [4.78, 5) is 28.6. The molecule has 1 N–H and O–H groups in total. The van der Waals surface area contributed by atoms with E-state index in [1.165, 1.54) is 63.1 Å². The van der Waals surface area contributed by atoms with Crippen molar-refractivity contribution in [1.29, 1.82) is 0 Å². The molecule has 0 aliphatic carbocycles. The van der Waals surface area contributed by atoms with Crippen molar-refractivity contribution < 1.29 is 33.8 Å². The molecule has 2 heterocycles. The lowest BCUT2D eigenvalue weighted by atomic mass is 10.0. The molecule has 4 aromatic rings. The molecule has 208 valence electrons. The largest absolute Gasteiger partial charge is 0.495 e. The summed E-state index contributed by atoms with van der Waals surface area (Å²) in [6.07, 6.45) is 1.60. The maximum absolute atomic E-state index is 13.9. The Labute approximate surface area is 229 Å². The van der Waals surface area contributed by atoms with Gasteiger partial charge in [-0.05, 0) is 29.2 Å². The number of ether oxygens (including phenoxy) is 4. The Bertz CT molecular complexity index is 1640. The van der Waals surface area contributed by atoms with E-state index in [2.05, 4.69) is 21.9 Å². The average molecular weight is 550 g/mol. The van der Waals surface area contributed by atoms with E-state index >= 15 is 0 Å². The van der Waals surface area contributed by atoms with E-state index in [0.717, 1.165) is 0 Å². The molecule has 0 bridgehead atoms. The van der Waals surface area contributed by atoms with E-state index in [-0.39, 0.29) is 36.8 Å². The van der Waals surface area contributed by atoms with E-state index in [0.29, 0.717) is 45.2 Å². The van der Waals surface area contributed by atoms with Crippen molar-refractivity contribution in [2.45, 2.75) is 13.0 Å². The topological polar surface area (TPSA) is 153 Å². The molecule has 0 radical (unpaired) electrons. The summed E-state index contributed by atoms with van der Waals surface area (Å²) >= 11 is 0. The Kier molecular flexibility index (Phi) is 8.20. The number of fused-ring (bicyclic) bond motifs is 1. The van der Waals surface area contributed by atoms with E-state index in [1.54, 1.807) is 12.1 Å². The molecule has 2 aromatic carbocycles. The molecule has 0 saturated carbocycles. The van der Waals surface area contributed by atoms with Crippen LogP contribution in [0, 0.1) is 22.0 Å². The van der Waals surface area contributed by atoms with Crippen LogP contribution < -0.4 is 18.9 Å². The van der Waals surface area contributed by atoms with E-state index in [9.17, 15) is 20.0 Å². The zero-order chi connectivity index (χ0) is 29.0. The summed E-state index contributed by atoms with van der Waals surface area (Å²) < 4.78 is 24.6. The number of hydrogen-bond donors (Lipinski definition) is 1. The molecule has 0 aliphatic rings. The predicted molar refractivity (Wildman–Crippen MR) is 143 cm³/mol. The number of aliphatic hydroxyl groups excluding tert-OH is 1. The molecule has 0 saturated heterocycles. The molecule has 0 fully saturated rings. The number of aliphatic hydroxyl groups is 1. The first-order chi connectivity index (χ1) is 19.3.